The van der Waals surface area contributed by atoms with Gasteiger partial charge in [0.15, 0.2) is 0 Å². The molecular weight excluding hydrogens is 696 g/mol. The zero-order valence-corrected chi connectivity index (χ0v) is 29.9. The van der Waals surface area contributed by atoms with E-state index in [1.54, 1.807) is 11.1 Å². The van der Waals surface area contributed by atoms with E-state index in [-0.39, 0.29) is 0 Å². The van der Waals surface area contributed by atoms with E-state index in [2.05, 4.69) is 106 Å². The molecule has 4 heterocycles. The van der Waals surface area contributed by atoms with Crippen molar-refractivity contribution in [2.75, 3.05) is 0 Å². The standard InChI is InChI=1S/C34H38Br2S4/c1-3-5-7-9-11-25-26(12-10-8-6-4-2)34(31-20-18-28(38-31)29-21-22-32(36)39-29)40-33(25)30-19-17-27(37-30)23-13-15-24(35)16-14-23/h13,15,17-22H,3-12,14,16H2,1-2H3. The lowest BCUT2D eigenvalue weighted by molar-refractivity contribution is 0.653. The molecule has 0 spiro atoms. The molecule has 0 N–H and O–H groups in total. The lowest BCUT2D eigenvalue weighted by atomic mass is 9.96. The second-order valence-corrected chi connectivity index (χ2v) is 17.2. The summed E-state index contributed by atoms with van der Waals surface area (Å²) in [5.41, 5.74) is 4.77. The van der Waals surface area contributed by atoms with E-state index in [1.807, 2.05) is 34.0 Å². The van der Waals surface area contributed by atoms with Crippen LogP contribution < -0.4 is 0 Å². The highest BCUT2D eigenvalue weighted by Crippen LogP contribution is 2.49. The molecule has 40 heavy (non-hydrogen) atoms. The fourth-order valence-corrected chi connectivity index (χ4v) is 10.9. The Bertz CT molecular complexity index is 1460. The molecule has 1 aliphatic carbocycles. The summed E-state index contributed by atoms with van der Waals surface area (Å²) in [4.78, 5) is 10.1. The lowest BCUT2D eigenvalue weighted by Crippen LogP contribution is -1.95. The first-order valence-electron chi connectivity index (χ1n) is 14.7. The van der Waals surface area contributed by atoms with E-state index in [0.717, 1.165) is 12.8 Å². The maximum absolute atomic E-state index is 3.68. The van der Waals surface area contributed by atoms with E-state index < -0.39 is 0 Å². The first-order valence-corrected chi connectivity index (χ1v) is 19.6. The van der Waals surface area contributed by atoms with E-state index in [0.29, 0.717) is 0 Å². The molecule has 0 atom stereocenters. The van der Waals surface area contributed by atoms with Crippen LogP contribution in [0.5, 0.6) is 0 Å². The third-order valence-electron chi connectivity index (χ3n) is 7.57. The summed E-state index contributed by atoms with van der Waals surface area (Å²) >= 11 is 15.2. The third kappa shape index (κ3) is 7.60. The molecule has 212 valence electrons. The highest BCUT2D eigenvalue weighted by atomic mass is 79.9. The Morgan fingerprint density at radius 3 is 1.65 bits per heavy atom. The second kappa shape index (κ2) is 15.1. The molecular formula is C34H38Br2S4. The molecule has 0 radical (unpaired) electrons. The van der Waals surface area contributed by atoms with Gasteiger partial charge in [-0.2, -0.15) is 0 Å². The second-order valence-electron chi connectivity index (χ2n) is 10.6. The Kier molecular flexibility index (Phi) is 11.6. The summed E-state index contributed by atoms with van der Waals surface area (Å²) < 4.78 is 2.51. The summed E-state index contributed by atoms with van der Waals surface area (Å²) in [5.74, 6) is 0. The smallest absolute Gasteiger partial charge is 0.0705 e. The van der Waals surface area contributed by atoms with E-state index in [9.17, 15) is 0 Å². The molecule has 0 amide bonds. The van der Waals surface area contributed by atoms with Crippen LogP contribution in [0.3, 0.4) is 0 Å². The van der Waals surface area contributed by atoms with Gasteiger partial charge in [0.2, 0.25) is 0 Å². The highest BCUT2D eigenvalue weighted by molar-refractivity contribution is 9.11. The van der Waals surface area contributed by atoms with Crippen molar-refractivity contribution in [2.45, 2.75) is 90.9 Å². The summed E-state index contributed by atoms with van der Waals surface area (Å²) in [5, 5.41) is 0. The predicted octanol–water partition coefficient (Wildman–Crippen LogP) is 14.4. The normalized spacial score (nSPS) is 13.6. The molecule has 4 aromatic rings. The summed E-state index contributed by atoms with van der Waals surface area (Å²) in [6.07, 6.45) is 19.7. The number of thiophene rings is 4. The van der Waals surface area contributed by atoms with Gasteiger partial charge in [-0.05, 0) is 112 Å². The zero-order valence-electron chi connectivity index (χ0n) is 23.5. The minimum atomic E-state index is 1.11. The summed E-state index contributed by atoms with van der Waals surface area (Å²) in [6.45, 7) is 4.63. The molecule has 0 aliphatic heterocycles. The zero-order chi connectivity index (χ0) is 27.9. The van der Waals surface area contributed by atoms with Crippen molar-refractivity contribution in [1.29, 1.82) is 0 Å². The Morgan fingerprint density at radius 1 is 0.550 bits per heavy atom. The SMILES string of the molecule is CCCCCCc1c(-c2ccc(C3=CC=C(Br)CC3)s2)sc(-c2ccc(-c3ccc(Br)s3)s2)c1CCCCCC. The molecule has 1 aliphatic rings. The van der Waals surface area contributed by atoms with Crippen molar-refractivity contribution in [2.24, 2.45) is 0 Å². The van der Waals surface area contributed by atoms with Gasteiger partial charge >= 0.3 is 0 Å². The fraction of sp³-hybridized carbons (Fsp3) is 0.412. The van der Waals surface area contributed by atoms with Crippen molar-refractivity contribution in [3.8, 4) is 29.3 Å². The van der Waals surface area contributed by atoms with Crippen LogP contribution in [0.15, 0.2) is 56.8 Å². The van der Waals surface area contributed by atoms with Crippen molar-refractivity contribution in [3.63, 3.8) is 0 Å². The van der Waals surface area contributed by atoms with Crippen LogP contribution in [-0.4, -0.2) is 0 Å². The lowest BCUT2D eigenvalue weighted by Gasteiger charge is -2.10. The molecule has 6 heteroatoms. The largest absolute Gasteiger partial charge is 0.135 e. The van der Waals surface area contributed by atoms with Crippen molar-refractivity contribution in [1.82, 2.24) is 0 Å². The maximum atomic E-state index is 3.68. The first-order chi connectivity index (χ1) is 19.6. The molecule has 5 rings (SSSR count). The minimum absolute atomic E-state index is 1.11. The average Bonchev–Trinajstić information content (AvgIpc) is 3.76. The molecule has 0 saturated carbocycles. The van der Waals surface area contributed by atoms with Crippen LogP contribution >= 0.6 is 77.2 Å². The van der Waals surface area contributed by atoms with Gasteiger partial charge in [0.25, 0.3) is 0 Å². The van der Waals surface area contributed by atoms with E-state index in [1.165, 1.54) is 112 Å². The van der Waals surface area contributed by atoms with Crippen molar-refractivity contribution >= 4 is 82.8 Å². The topological polar surface area (TPSA) is 0 Å². The number of rotatable bonds is 14. The van der Waals surface area contributed by atoms with E-state index >= 15 is 0 Å². The Hall–Kier alpha value is -0.760. The van der Waals surface area contributed by atoms with Crippen molar-refractivity contribution < 1.29 is 0 Å². The van der Waals surface area contributed by atoms with Gasteiger partial charge in [-0.1, -0.05) is 80.5 Å². The third-order valence-corrected chi connectivity index (χ3v) is 13.9. The Labute approximate surface area is 273 Å². The monoisotopic (exact) mass is 732 g/mol. The van der Waals surface area contributed by atoms with E-state index in [4.69, 9.17) is 0 Å². The average molecular weight is 735 g/mol. The van der Waals surface area contributed by atoms with Crippen LogP contribution in [0.1, 0.15) is 94.1 Å². The molecule has 0 saturated heterocycles. The Morgan fingerprint density at radius 2 is 1.10 bits per heavy atom. The highest BCUT2D eigenvalue weighted by Gasteiger charge is 2.23. The number of halogens is 2. The van der Waals surface area contributed by atoms with Gasteiger partial charge in [-0.3, -0.25) is 0 Å². The predicted molar refractivity (Wildman–Crippen MR) is 192 cm³/mol. The minimum Gasteiger partial charge on any atom is -0.135 e. The number of hydrogen-bond donors (Lipinski definition) is 0. The number of allylic oxidation sites excluding steroid dienone is 4. The van der Waals surface area contributed by atoms with Gasteiger partial charge in [0.1, 0.15) is 0 Å². The molecule has 4 aromatic heterocycles. The van der Waals surface area contributed by atoms with Gasteiger partial charge in [-0.25, -0.2) is 0 Å². The molecule has 0 bridgehead atoms. The molecule has 0 unspecified atom stereocenters. The maximum Gasteiger partial charge on any atom is 0.0705 e. The number of unbranched alkanes of at least 4 members (excludes halogenated alkanes) is 6. The van der Waals surface area contributed by atoms with Gasteiger partial charge < -0.3 is 0 Å². The van der Waals surface area contributed by atoms with Crippen LogP contribution in [0.2, 0.25) is 0 Å². The molecule has 0 aromatic carbocycles. The van der Waals surface area contributed by atoms with Gasteiger partial charge in [-0.15, -0.1) is 45.3 Å². The quantitative estimate of drug-likeness (QED) is 0.113. The summed E-state index contributed by atoms with van der Waals surface area (Å²) in [7, 11) is 0. The fourth-order valence-electron chi connectivity index (χ4n) is 5.37. The Balaban J connectivity index is 1.54. The van der Waals surface area contributed by atoms with Crippen LogP contribution in [0, 0.1) is 0 Å². The van der Waals surface area contributed by atoms with Crippen molar-refractivity contribution in [3.05, 3.63) is 72.8 Å². The molecule has 0 fully saturated rings. The van der Waals surface area contributed by atoms with Gasteiger partial charge in [0.05, 0.1) is 3.79 Å². The summed E-state index contributed by atoms with van der Waals surface area (Å²) in [6, 6.07) is 13.9. The first kappa shape index (κ1) is 30.7. The molecule has 0 nitrogen and oxygen atoms in total. The van der Waals surface area contributed by atoms with Crippen LogP contribution in [0.4, 0.5) is 0 Å². The van der Waals surface area contributed by atoms with Crippen LogP contribution in [-0.2, 0) is 12.8 Å². The number of hydrogen-bond acceptors (Lipinski definition) is 4. The van der Waals surface area contributed by atoms with Crippen LogP contribution in [0.25, 0.3) is 34.8 Å². The van der Waals surface area contributed by atoms with Gasteiger partial charge in [0, 0.05) is 34.1 Å².